The Morgan fingerprint density at radius 3 is 2.32 bits per heavy atom. The predicted molar refractivity (Wildman–Crippen MR) is 66.6 cm³/mol. The molecule has 0 aromatic heterocycles. The third-order valence-corrected chi connectivity index (χ3v) is 3.20. The van der Waals surface area contributed by atoms with Crippen LogP contribution in [0.4, 0.5) is 4.39 Å². The standard InChI is InChI=1S/C15H9FO3/c1-19-15(18)8-2-4-10-11-5-3-9(16)7-13(11)14(17)12(10)6-8/h2-7H,1H3. The van der Waals surface area contributed by atoms with Gasteiger partial charge in [-0.05, 0) is 35.4 Å². The van der Waals surface area contributed by atoms with Crippen molar-refractivity contribution in [2.45, 2.75) is 0 Å². The van der Waals surface area contributed by atoms with E-state index in [4.69, 9.17) is 0 Å². The van der Waals surface area contributed by atoms with Crippen molar-refractivity contribution in [1.29, 1.82) is 0 Å². The number of methoxy groups -OCH3 is 1. The van der Waals surface area contributed by atoms with Crippen LogP contribution in [-0.4, -0.2) is 18.9 Å². The smallest absolute Gasteiger partial charge is 0.337 e. The first-order valence-corrected chi connectivity index (χ1v) is 5.69. The summed E-state index contributed by atoms with van der Waals surface area (Å²) >= 11 is 0. The number of hydrogen-bond acceptors (Lipinski definition) is 3. The van der Waals surface area contributed by atoms with E-state index < -0.39 is 11.8 Å². The first-order chi connectivity index (χ1) is 9.11. The highest BCUT2D eigenvalue weighted by Crippen LogP contribution is 2.37. The highest BCUT2D eigenvalue weighted by Gasteiger charge is 2.27. The molecule has 0 saturated carbocycles. The van der Waals surface area contributed by atoms with Crippen molar-refractivity contribution in [3.8, 4) is 11.1 Å². The van der Waals surface area contributed by atoms with Crippen LogP contribution in [-0.2, 0) is 4.74 Å². The molecule has 0 amide bonds. The molecule has 1 aliphatic rings. The van der Waals surface area contributed by atoms with Gasteiger partial charge in [0.2, 0.25) is 0 Å². The Morgan fingerprint density at radius 2 is 1.63 bits per heavy atom. The molecule has 1 aliphatic carbocycles. The van der Waals surface area contributed by atoms with Crippen LogP contribution in [0.15, 0.2) is 36.4 Å². The maximum atomic E-state index is 13.2. The zero-order valence-corrected chi connectivity index (χ0v) is 10.1. The number of benzene rings is 2. The number of halogens is 1. The summed E-state index contributed by atoms with van der Waals surface area (Å²) in [5.74, 6) is -1.22. The van der Waals surface area contributed by atoms with Gasteiger partial charge in [0.1, 0.15) is 5.82 Å². The largest absolute Gasteiger partial charge is 0.465 e. The zero-order valence-electron chi connectivity index (χ0n) is 10.1. The fourth-order valence-electron chi connectivity index (χ4n) is 2.30. The summed E-state index contributed by atoms with van der Waals surface area (Å²) in [6.07, 6.45) is 0. The molecular formula is C15H9FO3. The van der Waals surface area contributed by atoms with Gasteiger partial charge in [0.25, 0.3) is 0 Å². The average molecular weight is 256 g/mol. The van der Waals surface area contributed by atoms with Crippen LogP contribution < -0.4 is 0 Å². The molecule has 2 aromatic rings. The number of rotatable bonds is 1. The van der Waals surface area contributed by atoms with E-state index >= 15 is 0 Å². The van der Waals surface area contributed by atoms with Gasteiger partial charge >= 0.3 is 5.97 Å². The normalized spacial score (nSPS) is 12.0. The Kier molecular flexibility index (Phi) is 2.45. The minimum absolute atomic E-state index is 0.268. The van der Waals surface area contributed by atoms with E-state index in [9.17, 15) is 14.0 Å². The van der Waals surface area contributed by atoms with Crippen molar-refractivity contribution in [3.63, 3.8) is 0 Å². The van der Waals surface area contributed by atoms with E-state index in [2.05, 4.69) is 4.74 Å². The second kappa shape index (κ2) is 4.02. The number of esters is 1. The maximum Gasteiger partial charge on any atom is 0.337 e. The number of fused-ring (bicyclic) bond motifs is 3. The highest BCUT2D eigenvalue weighted by atomic mass is 19.1. The summed E-state index contributed by atoms with van der Waals surface area (Å²) in [5.41, 5.74) is 2.45. The quantitative estimate of drug-likeness (QED) is 0.629. The summed E-state index contributed by atoms with van der Waals surface area (Å²) in [7, 11) is 1.28. The van der Waals surface area contributed by atoms with Gasteiger partial charge in [-0.2, -0.15) is 0 Å². The molecule has 0 radical (unpaired) electrons. The van der Waals surface area contributed by atoms with E-state index in [0.29, 0.717) is 27.8 Å². The second-order valence-corrected chi connectivity index (χ2v) is 4.27. The molecule has 0 saturated heterocycles. The van der Waals surface area contributed by atoms with Crippen molar-refractivity contribution >= 4 is 11.8 Å². The molecule has 3 nitrogen and oxygen atoms in total. The SMILES string of the molecule is COC(=O)c1ccc2c(c1)C(=O)c1cc(F)ccc1-2. The molecule has 0 N–H and O–H groups in total. The van der Waals surface area contributed by atoms with E-state index in [1.54, 1.807) is 18.2 Å². The monoisotopic (exact) mass is 256 g/mol. The van der Waals surface area contributed by atoms with Gasteiger partial charge in [0.05, 0.1) is 12.7 Å². The van der Waals surface area contributed by atoms with Crippen LogP contribution in [0.3, 0.4) is 0 Å². The van der Waals surface area contributed by atoms with Crippen molar-refractivity contribution in [3.05, 3.63) is 58.9 Å². The molecule has 0 heterocycles. The minimum Gasteiger partial charge on any atom is -0.465 e. The lowest BCUT2D eigenvalue weighted by atomic mass is 10.0. The molecule has 0 spiro atoms. The molecule has 19 heavy (non-hydrogen) atoms. The van der Waals surface area contributed by atoms with Crippen molar-refractivity contribution in [1.82, 2.24) is 0 Å². The molecule has 4 heteroatoms. The number of carbonyl (C=O) groups excluding carboxylic acids is 2. The summed E-state index contributed by atoms with van der Waals surface area (Å²) in [6.45, 7) is 0. The molecule has 0 aliphatic heterocycles. The molecule has 2 aromatic carbocycles. The van der Waals surface area contributed by atoms with Crippen molar-refractivity contribution < 1.29 is 18.7 Å². The summed E-state index contributed by atoms with van der Waals surface area (Å²) in [4.78, 5) is 23.6. The zero-order chi connectivity index (χ0) is 13.6. The maximum absolute atomic E-state index is 13.2. The summed E-state index contributed by atoms with van der Waals surface area (Å²) in [6, 6.07) is 8.87. The molecule has 94 valence electrons. The average Bonchev–Trinajstić information content (AvgIpc) is 2.71. The number of ketones is 1. The topological polar surface area (TPSA) is 43.4 Å². The predicted octanol–water partition coefficient (Wildman–Crippen LogP) is 2.82. The second-order valence-electron chi connectivity index (χ2n) is 4.27. The number of hydrogen-bond donors (Lipinski definition) is 0. The van der Waals surface area contributed by atoms with Crippen LogP contribution in [0.5, 0.6) is 0 Å². The van der Waals surface area contributed by atoms with Gasteiger partial charge in [-0.3, -0.25) is 4.79 Å². The minimum atomic E-state index is -0.502. The number of carbonyl (C=O) groups is 2. The van der Waals surface area contributed by atoms with Gasteiger partial charge < -0.3 is 4.74 Å². The van der Waals surface area contributed by atoms with Crippen molar-refractivity contribution in [2.24, 2.45) is 0 Å². The van der Waals surface area contributed by atoms with Gasteiger partial charge in [-0.15, -0.1) is 0 Å². The van der Waals surface area contributed by atoms with E-state index in [-0.39, 0.29) is 5.78 Å². The fourth-order valence-corrected chi connectivity index (χ4v) is 2.30. The highest BCUT2D eigenvalue weighted by molar-refractivity contribution is 6.22. The molecule has 0 bridgehead atoms. The lowest BCUT2D eigenvalue weighted by Gasteiger charge is -2.02. The van der Waals surface area contributed by atoms with Crippen LogP contribution in [0, 0.1) is 5.82 Å². The van der Waals surface area contributed by atoms with Crippen LogP contribution in [0.25, 0.3) is 11.1 Å². The summed E-state index contributed by atoms with van der Waals surface area (Å²) < 4.78 is 17.8. The van der Waals surface area contributed by atoms with E-state index in [1.807, 2.05) is 0 Å². The van der Waals surface area contributed by atoms with Crippen LogP contribution in [0.1, 0.15) is 26.3 Å². The van der Waals surface area contributed by atoms with Gasteiger partial charge in [0, 0.05) is 11.1 Å². The van der Waals surface area contributed by atoms with Crippen LogP contribution >= 0.6 is 0 Å². The van der Waals surface area contributed by atoms with Crippen molar-refractivity contribution in [2.75, 3.05) is 7.11 Å². The molecular weight excluding hydrogens is 247 g/mol. The lowest BCUT2D eigenvalue weighted by Crippen LogP contribution is -2.03. The Labute approximate surface area is 108 Å². The van der Waals surface area contributed by atoms with E-state index in [1.165, 1.54) is 25.3 Å². The molecule has 0 fully saturated rings. The third-order valence-electron chi connectivity index (χ3n) is 3.20. The Hall–Kier alpha value is -2.49. The molecule has 0 unspecified atom stereocenters. The van der Waals surface area contributed by atoms with E-state index in [0.717, 1.165) is 0 Å². The number of ether oxygens (including phenoxy) is 1. The van der Waals surface area contributed by atoms with Gasteiger partial charge in [-0.1, -0.05) is 12.1 Å². The lowest BCUT2D eigenvalue weighted by molar-refractivity contribution is 0.0600. The van der Waals surface area contributed by atoms with Gasteiger partial charge in [0.15, 0.2) is 5.78 Å². The Bertz CT molecular complexity index is 719. The summed E-state index contributed by atoms with van der Waals surface area (Å²) in [5, 5.41) is 0. The first kappa shape index (κ1) is 11.6. The third kappa shape index (κ3) is 1.64. The Morgan fingerprint density at radius 1 is 1.00 bits per heavy atom. The molecule has 0 atom stereocenters. The first-order valence-electron chi connectivity index (χ1n) is 5.69. The van der Waals surface area contributed by atoms with Gasteiger partial charge in [-0.25, -0.2) is 9.18 Å². The Balaban J connectivity index is 2.19. The van der Waals surface area contributed by atoms with Crippen LogP contribution in [0.2, 0.25) is 0 Å². The fraction of sp³-hybridized carbons (Fsp3) is 0.0667. The molecule has 3 rings (SSSR count).